The third-order valence-corrected chi connectivity index (χ3v) is 6.87. The summed E-state index contributed by atoms with van der Waals surface area (Å²) >= 11 is 0. The molecule has 0 aliphatic heterocycles. The Bertz CT molecular complexity index is 1080. The molecule has 0 unspecified atom stereocenters. The molecule has 0 heterocycles. The van der Waals surface area contributed by atoms with Gasteiger partial charge in [0.25, 0.3) is 0 Å². The molecule has 186 valence electrons. The van der Waals surface area contributed by atoms with E-state index in [2.05, 4.69) is 5.32 Å². The predicted octanol–water partition coefficient (Wildman–Crippen LogP) is 3.79. The highest BCUT2D eigenvalue weighted by Crippen LogP contribution is 2.23. The molecule has 0 fully saturated rings. The van der Waals surface area contributed by atoms with Gasteiger partial charge in [-0.1, -0.05) is 55.0 Å². The molecule has 0 aliphatic carbocycles. The van der Waals surface area contributed by atoms with Crippen LogP contribution in [0.2, 0.25) is 0 Å². The standard InChI is InChI=1S/C26H37N3O4S/c1-6-16-27-26(31)22(4)28(19-23-13-9-11-20(2)18-23)25(30)15-10-17-29(34(5,32)33)24-14-8-7-12-21(24)3/h7-9,11-14,18,22H,6,10,15-17,19H2,1-5H3,(H,27,31)/t22-/m0/s1. The van der Waals surface area contributed by atoms with E-state index in [-0.39, 0.29) is 24.8 Å². The van der Waals surface area contributed by atoms with Crippen molar-refractivity contribution < 1.29 is 18.0 Å². The van der Waals surface area contributed by atoms with E-state index in [1.54, 1.807) is 24.0 Å². The summed E-state index contributed by atoms with van der Waals surface area (Å²) in [6, 6.07) is 14.5. The second-order valence-corrected chi connectivity index (χ2v) is 10.6. The molecule has 2 aromatic carbocycles. The first-order chi connectivity index (χ1) is 16.0. The Balaban J connectivity index is 2.16. The van der Waals surface area contributed by atoms with Crippen LogP contribution < -0.4 is 9.62 Å². The molecule has 2 amide bonds. The molecule has 1 N–H and O–H groups in total. The van der Waals surface area contributed by atoms with E-state index in [0.29, 0.717) is 25.2 Å². The van der Waals surface area contributed by atoms with E-state index in [1.165, 1.54) is 10.6 Å². The van der Waals surface area contributed by atoms with Gasteiger partial charge in [0.15, 0.2) is 0 Å². The van der Waals surface area contributed by atoms with Crippen molar-refractivity contribution in [3.05, 3.63) is 65.2 Å². The Morgan fingerprint density at radius 2 is 1.76 bits per heavy atom. The highest BCUT2D eigenvalue weighted by molar-refractivity contribution is 7.92. The Morgan fingerprint density at radius 3 is 2.38 bits per heavy atom. The summed E-state index contributed by atoms with van der Waals surface area (Å²) in [5, 5.41) is 2.87. The molecule has 0 saturated carbocycles. The van der Waals surface area contributed by atoms with Crippen LogP contribution in [0.3, 0.4) is 0 Å². The van der Waals surface area contributed by atoms with Gasteiger partial charge in [-0.15, -0.1) is 0 Å². The van der Waals surface area contributed by atoms with E-state index in [1.807, 2.05) is 57.2 Å². The van der Waals surface area contributed by atoms with Crippen LogP contribution in [0.4, 0.5) is 5.69 Å². The minimum Gasteiger partial charge on any atom is -0.354 e. The number of nitrogens with one attached hydrogen (secondary N) is 1. The van der Waals surface area contributed by atoms with Gasteiger partial charge in [0, 0.05) is 26.1 Å². The van der Waals surface area contributed by atoms with Crippen molar-refractivity contribution in [1.29, 1.82) is 0 Å². The fourth-order valence-corrected chi connectivity index (χ4v) is 4.83. The predicted molar refractivity (Wildman–Crippen MR) is 137 cm³/mol. The number of nitrogens with zero attached hydrogens (tertiary/aromatic N) is 2. The monoisotopic (exact) mass is 487 g/mol. The zero-order valence-electron chi connectivity index (χ0n) is 20.9. The first-order valence-corrected chi connectivity index (χ1v) is 13.6. The number of sulfonamides is 1. The van der Waals surface area contributed by atoms with Crippen molar-refractivity contribution in [2.45, 2.75) is 59.5 Å². The molecule has 7 nitrogen and oxygen atoms in total. The van der Waals surface area contributed by atoms with Crippen molar-refractivity contribution in [3.63, 3.8) is 0 Å². The molecule has 0 radical (unpaired) electrons. The lowest BCUT2D eigenvalue weighted by Gasteiger charge is -2.29. The maximum atomic E-state index is 13.3. The fourth-order valence-electron chi connectivity index (χ4n) is 3.81. The van der Waals surface area contributed by atoms with Gasteiger partial charge in [0.2, 0.25) is 21.8 Å². The molecule has 0 bridgehead atoms. The molecular weight excluding hydrogens is 450 g/mol. The number of carbonyl (C=O) groups is 2. The van der Waals surface area contributed by atoms with Gasteiger partial charge in [0.1, 0.15) is 6.04 Å². The first-order valence-electron chi connectivity index (χ1n) is 11.7. The zero-order valence-corrected chi connectivity index (χ0v) is 21.7. The number of carbonyl (C=O) groups excluding carboxylic acids is 2. The van der Waals surface area contributed by atoms with Crippen LogP contribution in [-0.4, -0.2) is 50.5 Å². The molecule has 8 heteroatoms. The van der Waals surface area contributed by atoms with Gasteiger partial charge >= 0.3 is 0 Å². The molecule has 34 heavy (non-hydrogen) atoms. The van der Waals surface area contributed by atoms with Crippen LogP contribution in [0, 0.1) is 13.8 Å². The number of benzene rings is 2. The summed E-state index contributed by atoms with van der Waals surface area (Å²) in [6.07, 6.45) is 2.46. The van der Waals surface area contributed by atoms with Crippen LogP contribution >= 0.6 is 0 Å². The van der Waals surface area contributed by atoms with Gasteiger partial charge in [-0.25, -0.2) is 8.42 Å². The topological polar surface area (TPSA) is 86.8 Å². The lowest BCUT2D eigenvalue weighted by Crippen LogP contribution is -2.47. The van der Waals surface area contributed by atoms with Gasteiger partial charge in [-0.05, 0) is 50.8 Å². The summed E-state index contributed by atoms with van der Waals surface area (Å²) in [4.78, 5) is 27.5. The van der Waals surface area contributed by atoms with Crippen LogP contribution in [0.25, 0.3) is 0 Å². The summed E-state index contributed by atoms with van der Waals surface area (Å²) in [7, 11) is -3.51. The smallest absolute Gasteiger partial charge is 0.242 e. The van der Waals surface area contributed by atoms with Crippen LogP contribution in [0.1, 0.15) is 49.8 Å². The minimum absolute atomic E-state index is 0.134. The molecule has 0 aliphatic rings. The average Bonchev–Trinajstić information content (AvgIpc) is 2.78. The summed E-state index contributed by atoms with van der Waals surface area (Å²) < 4.78 is 26.2. The summed E-state index contributed by atoms with van der Waals surface area (Å²) in [5.74, 6) is -0.376. The molecule has 0 saturated heterocycles. The van der Waals surface area contributed by atoms with Crippen LogP contribution in [-0.2, 0) is 26.2 Å². The highest BCUT2D eigenvalue weighted by Gasteiger charge is 2.26. The SMILES string of the molecule is CCCNC(=O)[C@H](C)N(Cc1cccc(C)c1)C(=O)CCCN(c1ccccc1C)S(C)(=O)=O. The Morgan fingerprint density at radius 1 is 1.06 bits per heavy atom. The number of hydrogen-bond acceptors (Lipinski definition) is 4. The van der Waals surface area contributed by atoms with E-state index in [0.717, 1.165) is 23.1 Å². The third-order valence-electron chi connectivity index (χ3n) is 5.69. The van der Waals surface area contributed by atoms with Crippen molar-refractivity contribution >= 4 is 27.5 Å². The van der Waals surface area contributed by atoms with Crippen molar-refractivity contribution in [2.24, 2.45) is 0 Å². The number of rotatable bonds is 12. The zero-order chi connectivity index (χ0) is 25.3. The largest absolute Gasteiger partial charge is 0.354 e. The average molecular weight is 488 g/mol. The number of amides is 2. The number of hydrogen-bond donors (Lipinski definition) is 1. The molecule has 1 atom stereocenters. The van der Waals surface area contributed by atoms with Crippen molar-refractivity contribution in [2.75, 3.05) is 23.7 Å². The second kappa shape index (κ2) is 12.6. The molecule has 2 rings (SSSR count). The van der Waals surface area contributed by atoms with Gasteiger partial charge in [-0.2, -0.15) is 0 Å². The van der Waals surface area contributed by atoms with Gasteiger partial charge < -0.3 is 10.2 Å². The number of aryl methyl sites for hydroxylation is 2. The molecule has 0 spiro atoms. The summed E-state index contributed by atoms with van der Waals surface area (Å²) in [5.41, 5.74) is 3.49. The lowest BCUT2D eigenvalue weighted by atomic mass is 10.1. The van der Waals surface area contributed by atoms with Crippen LogP contribution in [0.15, 0.2) is 48.5 Å². The highest BCUT2D eigenvalue weighted by atomic mass is 32.2. The molecule has 0 aromatic heterocycles. The Hall–Kier alpha value is -2.87. The minimum atomic E-state index is -3.51. The maximum Gasteiger partial charge on any atom is 0.242 e. The molecule has 2 aromatic rings. The quantitative estimate of drug-likeness (QED) is 0.493. The number of anilines is 1. The lowest BCUT2D eigenvalue weighted by molar-refractivity contribution is -0.140. The van der Waals surface area contributed by atoms with E-state index >= 15 is 0 Å². The Kier molecular flexibility index (Phi) is 10.1. The van der Waals surface area contributed by atoms with Crippen molar-refractivity contribution in [3.8, 4) is 0 Å². The third kappa shape index (κ3) is 7.87. The van der Waals surface area contributed by atoms with Crippen molar-refractivity contribution in [1.82, 2.24) is 10.2 Å². The van der Waals surface area contributed by atoms with Gasteiger partial charge in [-0.3, -0.25) is 13.9 Å². The maximum absolute atomic E-state index is 13.3. The summed E-state index contributed by atoms with van der Waals surface area (Å²) in [6.45, 7) is 8.60. The molecular formula is C26H37N3O4S. The second-order valence-electron chi connectivity index (χ2n) is 8.70. The Labute approximate surface area is 204 Å². The first kappa shape index (κ1) is 27.4. The van der Waals surface area contributed by atoms with E-state index < -0.39 is 16.1 Å². The number of para-hydroxylation sites is 1. The normalized spacial score (nSPS) is 12.1. The van der Waals surface area contributed by atoms with Gasteiger partial charge in [0.05, 0.1) is 11.9 Å². The van der Waals surface area contributed by atoms with E-state index in [9.17, 15) is 18.0 Å². The van der Waals surface area contributed by atoms with Crippen LogP contribution in [0.5, 0.6) is 0 Å². The fraction of sp³-hybridized carbons (Fsp3) is 0.462. The van der Waals surface area contributed by atoms with E-state index in [4.69, 9.17) is 0 Å².